The van der Waals surface area contributed by atoms with Crippen molar-refractivity contribution in [2.75, 3.05) is 13.1 Å². The molecule has 2 N–H and O–H groups in total. The molecule has 1 aliphatic rings. The number of alkyl halides is 3. The maximum absolute atomic E-state index is 12.3. The summed E-state index contributed by atoms with van der Waals surface area (Å²) in [6.07, 6.45) is 5.18. The minimum Gasteiger partial charge on any atom is -0.354 e. The van der Waals surface area contributed by atoms with Gasteiger partial charge in [0.2, 0.25) is 5.91 Å². The Labute approximate surface area is 148 Å². The van der Waals surface area contributed by atoms with E-state index in [1.165, 1.54) is 30.7 Å². The Bertz CT molecular complexity index is 585. The molecular formula is C17H21F3N2O2S. The molecule has 1 aromatic carbocycles. The molecule has 0 bridgehead atoms. The SMILES string of the molecule is O=C(NCCNC(=O)C1CCCCC1)c1ccc(SC(F)(F)F)cc1. The van der Waals surface area contributed by atoms with Gasteiger partial charge < -0.3 is 10.6 Å². The van der Waals surface area contributed by atoms with Gasteiger partial charge in [-0.05, 0) is 48.9 Å². The molecule has 1 aliphatic carbocycles. The number of thioether (sulfide) groups is 1. The zero-order valence-corrected chi connectivity index (χ0v) is 14.5. The van der Waals surface area contributed by atoms with Crippen LogP contribution in [0.15, 0.2) is 29.2 Å². The van der Waals surface area contributed by atoms with E-state index in [2.05, 4.69) is 10.6 Å². The number of carbonyl (C=O) groups is 2. The summed E-state index contributed by atoms with van der Waals surface area (Å²) in [6, 6.07) is 5.23. The average Bonchev–Trinajstić information content (AvgIpc) is 2.58. The molecule has 2 rings (SSSR count). The van der Waals surface area contributed by atoms with Gasteiger partial charge in [0.15, 0.2) is 0 Å². The molecule has 8 heteroatoms. The van der Waals surface area contributed by atoms with Crippen molar-refractivity contribution in [3.05, 3.63) is 29.8 Å². The fourth-order valence-corrected chi connectivity index (χ4v) is 3.32. The van der Waals surface area contributed by atoms with Crippen molar-refractivity contribution < 1.29 is 22.8 Å². The summed E-state index contributed by atoms with van der Waals surface area (Å²) in [7, 11) is 0. The maximum atomic E-state index is 12.3. The lowest BCUT2D eigenvalue weighted by molar-refractivity contribution is -0.125. The highest BCUT2D eigenvalue weighted by atomic mass is 32.2. The Morgan fingerprint density at radius 3 is 2.20 bits per heavy atom. The van der Waals surface area contributed by atoms with Crippen LogP contribution in [0.3, 0.4) is 0 Å². The summed E-state index contributed by atoms with van der Waals surface area (Å²) in [4.78, 5) is 23.9. The molecule has 4 nitrogen and oxygen atoms in total. The van der Waals surface area contributed by atoms with Gasteiger partial charge in [-0.25, -0.2) is 0 Å². The Morgan fingerprint density at radius 1 is 1.00 bits per heavy atom. The molecule has 2 amide bonds. The van der Waals surface area contributed by atoms with E-state index in [0.29, 0.717) is 6.54 Å². The summed E-state index contributed by atoms with van der Waals surface area (Å²) in [5.74, 6) is -0.277. The van der Waals surface area contributed by atoms with Gasteiger partial charge in [-0.15, -0.1) is 0 Å². The third-order valence-corrected chi connectivity index (χ3v) is 4.78. The van der Waals surface area contributed by atoms with Gasteiger partial charge >= 0.3 is 5.51 Å². The van der Waals surface area contributed by atoms with Crippen molar-refractivity contribution >= 4 is 23.6 Å². The zero-order chi connectivity index (χ0) is 18.3. The number of hydrogen-bond donors (Lipinski definition) is 2. The Balaban J connectivity index is 1.70. The summed E-state index contributed by atoms with van der Waals surface area (Å²) < 4.78 is 36.8. The van der Waals surface area contributed by atoms with Gasteiger partial charge in [0.1, 0.15) is 0 Å². The molecule has 0 atom stereocenters. The maximum Gasteiger partial charge on any atom is 0.446 e. The molecule has 1 saturated carbocycles. The highest BCUT2D eigenvalue weighted by Gasteiger charge is 2.29. The summed E-state index contributed by atoms with van der Waals surface area (Å²) in [5.41, 5.74) is -4.06. The first-order valence-corrected chi connectivity index (χ1v) is 9.08. The van der Waals surface area contributed by atoms with Crippen LogP contribution in [0.25, 0.3) is 0 Å². The van der Waals surface area contributed by atoms with Crippen molar-refractivity contribution in [3.8, 4) is 0 Å². The normalized spacial score (nSPS) is 15.6. The Kier molecular flexibility index (Phi) is 7.16. The molecule has 0 unspecified atom stereocenters. The van der Waals surface area contributed by atoms with E-state index in [1.54, 1.807) is 0 Å². The second-order valence-corrected chi connectivity index (χ2v) is 7.09. The molecule has 0 aromatic heterocycles. The molecule has 1 aromatic rings. The van der Waals surface area contributed by atoms with Crippen LogP contribution in [0.4, 0.5) is 13.2 Å². The molecule has 0 radical (unpaired) electrons. The largest absolute Gasteiger partial charge is 0.446 e. The van der Waals surface area contributed by atoms with E-state index in [-0.39, 0.29) is 46.5 Å². The fourth-order valence-electron chi connectivity index (χ4n) is 2.78. The van der Waals surface area contributed by atoms with E-state index >= 15 is 0 Å². The molecule has 1 fully saturated rings. The summed E-state index contributed by atoms with van der Waals surface area (Å²) in [6.45, 7) is 0.611. The number of halogens is 3. The van der Waals surface area contributed by atoms with Crippen molar-refractivity contribution in [1.82, 2.24) is 10.6 Å². The predicted molar refractivity (Wildman–Crippen MR) is 90.3 cm³/mol. The highest BCUT2D eigenvalue weighted by Crippen LogP contribution is 2.36. The average molecular weight is 374 g/mol. The van der Waals surface area contributed by atoms with E-state index < -0.39 is 5.51 Å². The first-order valence-electron chi connectivity index (χ1n) is 8.27. The Morgan fingerprint density at radius 2 is 1.60 bits per heavy atom. The number of rotatable bonds is 6. The monoisotopic (exact) mass is 374 g/mol. The first-order chi connectivity index (χ1) is 11.8. The van der Waals surface area contributed by atoms with Crippen LogP contribution in [0.1, 0.15) is 42.5 Å². The third kappa shape index (κ3) is 6.97. The van der Waals surface area contributed by atoms with Gasteiger partial charge in [0, 0.05) is 29.5 Å². The van der Waals surface area contributed by atoms with Crippen molar-refractivity contribution in [2.24, 2.45) is 5.92 Å². The van der Waals surface area contributed by atoms with Crippen LogP contribution in [0.5, 0.6) is 0 Å². The van der Waals surface area contributed by atoms with Gasteiger partial charge in [-0.2, -0.15) is 13.2 Å². The number of hydrogen-bond acceptors (Lipinski definition) is 3. The summed E-state index contributed by atoms with van der Waals surface area (Å²) >= 11 is -0.220. The minimum absolute atomic E-state index is 0.0301. The molecule has 0 saturated heterocycles. The second kappa shape index (κ2) is 9.12. The Hall–Kier alpha value is -1.70. The van der Waals surface area contributed by atoms with Gasteiger partial charge in [-0.3, -0.25) is 9.59 Å². The second-order valence-electron chi connectivity index (χ2n) is 5.95. The predicted octanol–water partition coefficient (Wildman–Crippen LogP) is 3.72. The first kappa shape index (κ1) is 19.6. The van der Waals surface area contributed by atoms with Gasteiger partial charge in [0.25, 0.3) is 5.91 Å². The molecule has 25 heavy (non-hydrogen) atoms. The lowest BCUT2D eigenvalue weighted by atomic mass is 9.89. The number of nitrogens with one attached hydrogen (secondary N) is 2. The van der Waals surface area contributed by atoms with E-state index in [4.69, 9.17) is 0 Å². The quantitative estimate of drug-likeness (QED) is 0.589. The van der Waals surface area contributed by atoms with Crippen LogP contribution in [-0.4, -0.2) is 30.4 Å². The van der Waals surface area contributed by atoms with E-state index in [9.17, 15) is 22.8 Å². The number of benzene rings is 1. The molecule has 138 valence electrons. The van der Waals surface area contributed by atoms with Crippen molar-refractivity contribution in [1.29, 1.82) is 0 Å². The van der Waals surface area contributed by atoms with Crippen LogP contribution in [0, 0.1) is 5.92 Å². The topological polar surface area (TPSA) is 58.2 Å². The van der Waals surface area contributed by atoms with Crippen molar-refractivity contribution in [2.45, 2.75) is 42.5 Å². The van der Waals surface area contributed by atoms with E-state index in [0.717, 1.165) is 25.7 Å². The molecule has 0 spiro atoms. The molecule has 0 heterocycles. The lowest BCUT2D eigenvalue weighted by Gasteiger charge is -2.20. The fraction of sp³-hybridized carbons (Fsp3) is 0.529. The van der Waals surface area contributed by atoms with Crippen molar-refractivity contribution in [3.63, 3.8) is 0 Å². The standard InChI is InChI=1S/C17H21F3N2O2S/c18-17(19,20)25-14-8-6-13(7-9-14)16(24)22-11-10-21-15(23)12-4-2-1-3-5-12/h6-9,12H,1-5,10-11H2,(H,21,23)(H,22,24). The lowest BCUT2D eigenvalue weighted by Crippen LogP contribution is -2.38. The number of carbonyl (C=O) groups excluding carboxylic acids is 2. The molecule has 0 aliphatic heterocycles. The number of amides is 2. The van der Waals surface area contributed by atoms with Gasteiger partial charge in [-0.1, -0.05) is 19.3 Å². The van der Waals surface area contributed by atoms with Crippen LogP contribution in [-0.2, 0) is 4.79 Å². The highest BCUT2D eigenvalue weighted by molar-refractivity contribution is 8.00. The van der Waals surface area contributed by atoms with E-state index in [1.807, 2.05) is 0 Å². The minimum atomic E-state index is -4.35. The smallest absolute Gasteiger partial charge is 0.354 e. The third-order valence-electron chi connectivity index (χ3n) is 4.04. The van der Waals surface area contributed by atoms with Crippen LogP contribution in [0.2, 0.25) is 0 Å². The zero-order valence-electron chi connectivity index (χ0n) is 13.7. The summed E-state index contributed by atoms with van der Waals surface area (Å²) in [5, 5.41) is 5.45. The van der Waals surface area contributed by atoms with Crippen LogP contribution < -0.4 is 10.6 Å². The van der Waals surface area contributed by atoms with Crippen LogP contribution >= 0.6 is 11.8 Å². The van der Waals surface area contributed by atoms with Gasteiger partial charge in [0.05, 0.1) is 0 Å². The molecular weight excluding hydrogens is 353 g/mol.